The van der Waals surface area contributed by atoms with Gasteiger partial charge in [0.05, 0.1) is 27.7 Å². The van der Waals surface area contributed by atoms with Gasteiger partial charge in [0.2, 0.25) is 0 Å². The molecule has 7 heteroatoms. The van der Waals surface area contributed by atoms with Gasteiger partial charge < -0.3 is 17.1 Å². The van der Waals surface area contributed by atoms with Crippen molar-refractivity contribution in [2.24, 2.45) is 0 Å². The van der Waals surface area contributed by atoms with E-state index in [-0.39, 0.29) is 0 Å². The van der Waals surface area contributed by atoms with Gasteiger partial charge in [-0.2, -0.15) is 0 Å². The van der Waals surface area contributed by atoms with Gasteiger partial charge in [-0.3, -0.25) is 0 Å². The fraction of sp³-hybridized carbons (Fsp3) is 1.00. The normalized spacial score (nSPS) is 14.7. The van der Waals surface area contributed by atoms with Gasteiger partial charge in [-0.25, -0.2) is 0 Å². The molecule has 0 aliphatic heterocycles. The van der Waals surface area contributed by atoms with Crippen molar-refractivity contribution in [1.82, 2.24) is 0 Å². The molecule has 0 saturated carbocycles. The lowest BCUT2D eigenvalue weighted by Gasteiger charge is -2.39. The molecule has 0 saturated heterocycles. The highest BCUT2D eigenvalue weighted by molar-refractivity contribution is 6.85. The molecule has 0 amide bonds. The fourth-order valence-corrected chi connectivity index (χ4v) is 12.3. The zero-order valence-corrected chi connectivity index (χ0v) is 18.3. The molecule has 0 aromatic heterocycles. The Balaban J connectivity index is 4.92. The van der Waals surface area contributed by atoms with E-state index in [1.807, 2.05) is 0 Å². The molecular formula is C13H36NO3Si3+. The molecule has 0 bridgehead atoms. The van der Waals surface area contributed by atoms with Crippen molar-refractivity contribution in [3.8, 4) is 0 Å². The Morgan fingerprint density at radius 2 is 1.20 bits per heavy atom. The van der Waals surface area contributed by atoms with Crippen molar-refractivity contribution in [1.29, 1.82) is 0 Å². The maximum atomic E-state index is 6.43. The first-order valence-electron chi connectivity index (χ1n) is 7.44. The first-order chi connectivity index (χ1) is 8.68. The largest absolute Gasteiger partial charge is 0.479 e. The van der Waals surface area contributed by atoms with E-state index in [2.05, 4.69) is 60.4 Å². The second-order valence-electron chi connectivity index (χ2n) is 8.43. The van der Waals surface area contributed by atoms with Crippen molar-refractivity contribution in [3.05, 3.63) is 0 Å². The Morgan fingerprint density at radius 1 is 0.800 bits per heavy atom. The van der Waals surface area contributed by atoms with E-state index in [9.17, 15) is 0 Å². The number of nitrogens with zero attached hydrogens (tertiary/aromatic N) is 1. The average Bonchev–Trinajstić information content (AvgIpc) is 2.09. The highest BCUT2D eigenvalue weighted by Gasteiger charge is 2.46. The lowest BCUT2D eigenvalue weighted by molar-refractivity contribution is -0.870. The van der Waals surface area contributed by atoms with Crippen LogP contribution in [0.2, 0.25) is 45.3 Å². The second-order valence-corrected chi connectivity index (χ2v) is 20.8. The van der Waals surface area contributed by atoms with Crippen LogP contribution in [0, 0.1) is 0 Å². The molecule has 0 rings (SSSR count). The predicted molar refractivity (Wildman–Crippen MR) is 93.9 cm³/mol. The predicted octanol–water partition coefficient (Wildman–Crippen LogP) is 3.37. The quantitative estimate of drug-likeness (QED) is 0.476. The zero-order chi connectivity index (χ0) is 16.2. The van der Waals surface area contributed by atoms with E-state index in [4.69, 9.17) is 12.7 Å². The molecule has 20 heavy (non-hydrogen) atoms. The third-order valence-corrected chi connectivity index (χ3v) is 11.5. The highest BCUT2D eigenvalue weighted by atomic mass is 28.5. The molecule has 0 aliphatic rings. The summed E-state index contributed by atoms with van der Waals surface area (Å²) < 4.78 is 19.7. The molecule has 0 atom stereocenters. The molecule has 0 unspecified atom stereocenters. The van der Waals surface area contributed by atoms with E-state index < -0.39 is 25.4 Å². The minimum Gasteiger partial charge on any atom is -0.416 e. The van der Waals surface area contributed by atoms with Crippen LogP contribution in [0.25, 0.3) is 0 Å². The summed E-state index contributed by atoms with van der Waals surface area (Å²) in [5, 5.41) is 0. The first-order valence-corrected chi connectivity index (χ1v) is 16.2. The molecule has 0 N–H and O–H groups in total. The second kappa shape index (κ2) is 7.17. The third kappa shape index (κ3) is 10.3. The molecule has 0 aromatic carbocycles. The molecule has 0 spiro atoms. The Kier molecular flexibility index (Phi) is 7.34. The third-order valence-electron chi connectivity index (χ3n) is 2.55. The number of rotatable bonds is 9. The van der Waals surface area contributed by atoms with Crippen LogP contribution >= 0.6 is 0 Å². The molecule has 122 valence electrons. The highest BCUT2D eigenvalue weighted by Crippen LogP contribution is 2.26. The summed E-state index contributed by atoms with van der Waals surface area (Å²) in [6, 6.07) is 0.924. The van der Waals surface area contributed by atoms with Gasteiger partial charge >= 0.3 is 8.80 Å². The van der Waals surface area contributed by atoms with Crippen molar-refractivity contribution in [2.75, 3.05) is 34.8 Å². The van der Waals surface area contributed by atoms with Crippen LogP contribution < -0.4 is 0 Å². The molecule has 0 radical (unpaired) electrons. The first kappa shape index (κ1) is 20.5. The van der Waals surface area contributed by atoms with Crippen LogP contribution in [0.15, 0.2) is 0 Å². The fourth-order valence-electron chi connectivity index (χ4n) is 2.01. The van der Waals surface area contributed by atoms with Gasteiger partial charge in [-0.15, -0.1) is 0 Å². The summed E-state index contributed by atoms with van der Waals surface area (Å²) in [6.07, 6.45) is 1.08. The van der Waals surface area contributed by atoms with Crippen LogP contribution in [-0.4, -0.2) is 64.7 Å². The Labute approximate surface area is 129 Å². The van der Waals surface area contributed by atoms with Crippen LogP contribution in [0.5, 0.6) is 0 Å². The van der Waals surface area contributed by atoms with Gasteiger partial charge in [-0.05, 0) is 39.3 Å². The Bertz CT molecular complexity index is 277. The smallest absolute Gasteiger partial charge is 0.416 e. The molecule has 0 heterocycles. The molecule has 0 fully saturated rings. The van der Waals surface area contributed by atoms with Crippen molar-refractivity contribution in [3.63, 3.8) is 0 Å². The van der Waals surface area contributed by atoms with Gasteiger partial charge in [0.1, 0.15) is 0 Å². The summed E-state index contributed by atoms with van der Waals surface area (Å²) in [7, 11) is 2.53. The Hall–Kier alpha value is 0.491. The number of hydrogen-bond donors (Lipinski definition) is 0. The minimum absolute atomic E-state index is 0.924. The van der Waals surface area contributed by atoms with Crippen LogP contribution in [-0.2, 0) is 12.7 Å². The van der Waals surface area contributed by atoms with E-state index in [1.165, 1.54) is 0 Å². The van der Waals surface area contributed by atoms with E-state index in [1.54, 1.807) is 7.11 Å². The van der Waals surface area contributed by atoms with Crippen molar-refractivity contribution < 1.29 is 17.1 Å². The molecule has 0 aromatic rings. The average molecular weight is 339 g/mol. The minimum atomic E-state index is -2.53. The van der Waals surface area contributed by atoms with Gasteiger partial charge in [0, 0.05) is 19.6 Å². The molecule has 0 aliphatic carbocycles. The SMILES string of the molecule is CO[Si](CCC[N+](C)(C)C)(O[Si](C)(C)C)O[Si](C)(C)C. The van der Waals surface area contributed by atoms with Gasteiger partial charge in [-0.1, -0.05) is 0 Å². The maximum absolute atomic E-state index is 6.43. The monoisotopic (exact) mass is 338 g/mol. The van der Waals surface area contributed by atoms with E-state index >= 15 is 0 Å². The molecular weight excluding hydrogens is 302 g/mol. The van der Waals surface area contributed by atoms with Gasteiger partial charge in [0.15, 0.2) is 16.6 Å². The number of hydrogen-bond acceptors (Lipinski definition) is 3. The summed E-state index contributed by atoms with van der Waals surface area (Å²) >= 11 is 0. The van der Waals surface area contributed by atoms with Crippen molar-refractivity contribution >= 4 is 25.4 Å². The van der Waals surface area contributed by atoms with E-state index in [0.29, 0.717) is 0 Å². The van der Waals surface area contributed by atoms with Gasteiger partial charge in [0.25, 0.3) is 0 Å². The topological polar surface area (TPSA) is 27.7 Å². The standard InChI is InChI=1S/C13H36NO3Si3/c1-14(2,3)12-11-13-20(15-4,16-18(5,6)7)17-19(8,9)10/h11-13H2,1-10H3/q+1. The summed E-state index contributed by atoms with van der Waals surface area (Å²) in [5.41, 5.74) is 0. The lowest BCUT2D eigenvalue weighted by Crippen LogP contribution is -2.56. The lowest BCUT2D eigenvalue weighted by atomic mass is 10.4. The van der Waals surface area contributed by atoms with Crippen LogP contribution in [0.3, 0.4) is 0 Å². The summed E-state index contributed by atoms with van der Waals surface area (Å²) in [6.45, 7) is 14.4. The van der Waals surface area contributed by atoms with Crippen LogP contribution in [0.4, 0.5) is 0 Å². The van der Waals surface area contributed by atoms with Crippen molar-refractivity contribution in [2.45, 2.75) is 51.7 Å². The summed E-state index contributed by atoms with van der Waals surface area (Å²) in [5.74, 6) is 0. The maximum Gasteiger partial charge on any atom is 0.479 e. The van der Waals surface area contributed by atoms with Crippen LogP contribution in [0.1, 0.15) is 6.42 Å². The summed E-state index contributed by atoms with van der Waals surface area (Å²) in [4.78, 5) is 0. The zero-order valence-electron chi connectivity index (χ0n) is 15.3. The Morgan fingerprint density at radius 3 is 1.45 bits per heavy atom. The number of quaternary nitrogens is 1. The van der Waals surface area contributed by atoms with E-state index in [0.717, 1.165) is 23.5 Å². The molecule has 4 nitrogen and oxygen atoms in total.